The van der Waals surface area contributed by atoms with E-state index in [4.69, 9.17) is 38.4 Å². The first kappa shape index (κ1) is 20.1. The van der Waals surface area contributed by atoms with Crippen LogP contribution in [0.1, 0.15) is 30.4 Å². The van der Waals surface area contributed by atoms with Crippen LogP contribution in [0.25, 0.3) is 11.3 Å². The van der Waals surface area contributed by atoms with Crippen LogP contribution in [0.2, 0.25) is 10.0 Å². The minimum atomic E-state index is -0.502. The van der Waals surface area contributed by atoms with Crippen LogP contribution in [0.3, 0.4) is 0 Å². The van der Waals surface area contributed by atoms with Crippen molar-refractivity contribution in [3.05, 3.63) is 75.1 Å². The Morgan fingerprint density at radius 2 is 1.97 bits per heavy atom. The third-order valence-electron chi connectivity index (χ3n) is 4.83. The van der Waals surface area contributed by atoms with E-state index in [-0.39, 0.29) is 11.5 Å². The number of ether oxygens (including phenoxy) is 2. The van der Waals surface area contributed by atoms with Crippen LogP contribution >= 0.6 is 23.2 Å². The number of H-pyrrole nitrogens is 1. The van der Waals surface area contributed by atoms with E-state index in [1.807, 2.05) is 30.3 Å². The average Bonchev–Trinajstić information content (AvgIpc) is 3.17. The monoisotopic (exact) mass is 440 g/mol. The van der Waals surface area contributed by atoms with Crippen LogP contribution in [-0.4, -0.2) is 16.8 Å². The molecule has 0 radical (unpaired) electrons. The molecule has 0 aliphatic carbocycles. The van der Waals surface area contributed by atoms with Crippen LogP contribution in [0.15, 0.2) is 53.9 Å². The van der Waals surface area contributed by atoms with Crippen LogP contribution < -0.4 is 15.2 Å². The van der Waals surface area contributed by atoms with Crippen molar-refractivity contribution in [2.24, 2.45) is 5.73 Å². The fourth-order valence-electron chi connectivity index (χ4n) is 3.43. The summed E-state index contributed by atoms with van der Waals surface area (Å²) in [7, 11) is 0. The molecule has 1 aliphatic heterocycles. The molecule has 152 valence electrons. The van der Waals surface area contributed by atoms with Gasteiger partial charge in [-0.05, 0) is 48.4 Å². The molecule has 1 aromatic heterocycles. The SMILES string of the molecule is CCCOc1ccc(-c2[nH]nc3c2C(c2ccc(Cl)c(Cl)c2)C(C#N)=C(N)O3)cc1. The molecule has 6 nitrogen and oxygen atoms in total. The summed E-state index contributed by atoms with van der Waals surface area (Å²) in [5.41, 5.74) is 9.38. The van der Waals surface area contributed by atoms with E-state index >= 15 is 0 Å². The van der Waals surface area contributed by atoms with Gasteiger partial charge < -0.3 is 15.2 Å². The van der Waals surface area contributed by atoms with Gasteiger partial charge in [0.05, 0.1) is 33.8 Å². The Morgan fingerprint density at radius 1 is 1.20 bits per heavy atom. The third kappa shape index (κ3) is 3.58. The molecule has 2 aromatic carbocycles. The summed E-state index contributed by atoms with van der Waals surface area (Å²) in [6.45, 7) is 2.71. The maximum Gasteiger partial charge on any atom is 0.244 e. The quantitative estimate of drug-likeness (QED) is 0.553. The number of nitrogens with one attached hydrogen (secondary N) is 1. The molecule has 1 atom stereocenters. The lowest BCUT2D eigenvalue weighted by atomic mass is 9.83. The second-order valence-electron chi connectivity index (χ2n) is 6.79. The number of nitriles is 1. The lowest BCUT2D eigenvalue weighted by Crippen LogP contribution is -2.21. The number of nitrogens with two attached hydrogens (primary N) is 1. The van der Waals surface area contributed by atoms with Crippen LogP contribution in [-0.2, 0) is 0 Å². The molecule has 8 heteroatoms. The number of hydrogen-bond acceptors (Lipinski definition) is 5. The Hall–Kier alpha value is -3.14. The van der Waals surface area contributed by atoms with Gasteiger partial charge in [-0.1, -0.05) is 36.2 Å². The lowest BCUT2D eigenvalue weighted by molar-refractivity contribution is 0.317. The third-order valence-corrected chi connectivity index (χ3v) is 5.57. The molecule has 1 aliphatic rings. The number of allylic oxidation sites excluding steroid dienone is 1. The van der Waals surface area contributed by atoms with Gasteiger partial charge >= 0.3 is 0 Å². The van der Waals surface area contributed by atoms with Gasteiger partial charge in [-0.3, -0.25) is 5.10 Å². The van der Waals surface area contributed by atoms with Gasteiger partial charge in [0.2, 0.25) is 11.8 Å². The van der Waals surface area contributed by atoms with E-state index in [0.29, 0.717) is 28.1 Å². The maximum atomic E-state index is 9.79. The molecule has 30 heavy (non-hydrogen) atoms. The zero-order valence-electron chi connectivity index (χ0n) is 16.1. The molecule has 0 amide bonds. The minimum absolute atomic E-state index is 0.0161. The Balaban J connectivity index is 1.82. The summed E-state index contributed by atoms with van der Waals surface area (Å²) in [4.78, 5) is 0. The van der Waals surface area contributed by atoms with Crippen molar-refractivity contribution < 1.29 is 9.47 Å². The fraction of sp³-hybridized carbons (Fsp3) is 0.182. The van der Waals surface area contributed by atoms with Gasteiger partial charge in [0.15, 0.2) is 0 Å². The van der Waals surface area contributed by atoms with Gasteiger partial charge in [-0.15, -0.1) is 5.10 Å². The Kier molecular flexibility index (Phi) is 5.58. The smallest absolute Gasteiger partial charge is 0.244 e. The molecular weight excluding hydrogens is 423 g/mol. The van der Waals surface area contributed by atoms with Crippen LogP contribution in [0.5, 0.6) is 11.6 Å². The molecule has 3 N–H and O–H groups in total. The van der Waals surface area contributed by atoms with Crippen molar-refractivity contribution in [2.75, 3.05) is 6.61 Å². The molecular formula is C22H18Cl2N4O2. The first-order chi connectivity index (χ1) is 14.5. The fourth-order valence-corrected chi connectivity index (χ4v) is 3.73. The number of benzene rings is 2. The van der Waals surface area contributed by atoms with E-state index in [2.05, 4.69) is 23.2 Å². The van der Waals surface area contributed by atoms with Crippen molar-refractivity contribution in [3.8, 4) is 29.0 Å². The molecule has 0 bridgehead atoms. The molecule has 3 aromatic rings. The predicted molar refractivity (Wildman–Crippen MR) is 116 cm³/mol. The van der Waals surface area contributed by atoms with Crippen molar-refractivity contribution >= 4 is 23.2 Å². The standard InChI is InChI=1S/C22H18Cl2N4O2/c1-2-9-29-14-6-3-12(4-7-14)20-19-18(13-5-8-16(23)17(24)10-13)15(11-25)21(26)30-22(19)28-27-20/h3-8,10,18H,2,9,26H2,1H3,(H,27,28). The Bertz CT molecular complexity index is 1160. The van der Waals surface area contributed by atoms with Crippen molar-refractivity contribution in [1.82, 2.24) is 10.2 Å². The van der Waals surface area contributed by atoms with Gasteiger partial charge in [-0.2, -0.15) is 5.26 Å². The number of aromatic amines is 1. The van der Waals surface area contributed by atoms with E-state index in [0.717, 1.165) is 29.0 Å². The molecule has 0 fully saturated rings. The maximum absolute atomic E-state index is 9.79. The molecule has 2 heterocycles. The molecule has 0 saturated heterocycles. The second-order valence-corrected chi connectivity index (χ2v) is 7.60. The number of rotatable bonds is 5. The topological polar surface area (TPSA) is 97.0 Å². The summed E-state index contributed by atoms with van der Waals surface area (Å²) in [6.07, 6.45) is 0.934. The lowest BCUT2D eigenvalue weighted by Gasteiger charge is -2.24. The van der Waals surface area contributed by atoms with E-state index < -0.39 is 5.92 Å². The highest BCUT2D eigenvalue weighted by molar-refractivity contribution is 6.42. The second kappa shape index (κ2) is 8.31. The highest BCUT2D eigenvalue weighted by atomic mass is 35.5. The Labute approximate surface area is 183 Å². The summed E-state index contributed by atoms with van der Waals surface area (Å²) >= 11 is 12.3. The Morgan fingerprint density at radius 3 is 2.63 bits per heavy atom. The number of aromatic nitrogens is 2. The summed E-state index contributed by atoms with van der Waals surface area (Å²) < 4.78 is 11.3. The molecule has 1 unspecified atom stereocenters. The summed E-state index contributed by atoms with van der Waals surface area (Å²) in [5.74, 6) is 0.623. The van der Waals surface area contributed by atoms with Gasteiger partial charge in [0.1, 0.15) is 17.4 Å². The zero-order chi connectivity index (χ0) is 21.3. The average molecular weight is 441 g/mol. The molecule has 4 rings (SSSR count). The first-order valence-corrected chi connectivity index (χ1v) is 10.1. The first-order valence-electron chi connectivity index (χ1n) is 9.37. The van der Waals surface area contributed by atoms with Crippen molar-refractivity contribution in [1.29, 1.82) is 5.26 Å². The van der Waals surface area contributed by atoms with Crippen molar-refractivity contribution in [2.45, 2.75) is 19.3 Å². The zero-order valence-corrected chi connectivity index (χ0v) is 17.6. The number of nitrogens with zero attached hydrogens (tertiary/aromatic N) is 2. The van der Waals surface area contributed by atoms with Crippen LogP contribution in [0, 0.1) is 11.3 Å². The summed E-state index contributed by atoms with van der Waals surface area (Å²) in [6, 6.07) is 15.1. The molecule has 0 saturated carbocycles. The van der Waals surface area contributed by atoms with E-state index in [1.165, 1.54) is 0 Å². The summed E-state index contributed by atoms with van der Waals surface area (Å²) in [5, 5.41) is 17.9. The number of fused-ring (bicyclic) bond motifs is 1. The highest BCUT2D eigenvalue weighted by Crippen LogP contribution is 2.46. The van der Waals surface area contributed by atoms with Crippen LogP contribution in [0.4, 0.5) is 0 Å². The van der Waals surface area contributed by atoms with Gasteiger partial charge in [0.25, 0.3) is 0 Å². The highest BCUT2D eigenvalue weighted by Gasteiger charge is 2.35. The van der Waals surface area contributed by atoms with E-state index in [1.54, 1.807) is 12.1 Å². The normalized spacial score (nSPS) is 15.3. The van der Waals surface area contributed by atoms with Crippen molar-refractivity contribution in [3.63, 3.8) is 0 Å². The molecule has 0 spiro atoms. The predicted octanol–water partition coefficient (Wildman–Crippen LogP) is 5.39. The van der Waals surface area contributed by atoms with Gasteiger partial charge in [-0.25, -0.2) is 0 Å². The largest absolute Gasteiger partial charge is 0.494 e. The van der Waals surface area contributed by atoms with E-state index in [9.17, 15) is 5.26 Å². The minimum Gasteiger partial charge on any atom is -0.494 e. The number of halogens is 2. The van der Waals surface area contributed by atoms with Gasteiger partial charge in [0, 0.05) is 5.56 Å². The number of hydrogen-bond donors (Lipinski definition) is 2.